The Morgan fingerprint density at radius 1 is 1.16 bits per heavy atom. The van der Waals surface area contributed by atoms with Gasteiger partial charge < -0.3 is 9.47 Å². The predicted octanol–water partition coefficient (Wildman–Crippen LogP) is 2.49. The Morgan fingerprint density at radius 3 is 2.28 bits per heavy atom. The Balaban J connectivity index is 2.10. The lowest BCUT2D eigenvalue weighted by molar-refractivity contribution is -0.140. The average Bonchev–Trinajstić information content (AvgIpc) is 2.84. The number of carbonyl (C=O) groups excluding carboxylic acids is 4. The van der Waals surface area contributed by atoms with Gasteiger partial charge in [-0.3, -0.25) is 19.3 Å². The summed E-state index contributed by atoms with van der Waals surface area (Å²) in [6, 6.07) is 6.57. The van der Waals surface area contributed by atoms with Crippen LogP contribution in [0, 0.1) is 0 Å². The largest absolute Gasteiger partial charge is 0.469 e. The average molecular weight is 365 g/mol. The van der Waals surface area contributed by atoms with Gasteiger partial charge in [0.25, 0.3) is 11.8 Å². The van der Waals surface area contributed by atoms with Crippen molar-refractivity contribution < 1.29 is 28.7 Å². The molecule has 2 rings (SSSR count). The first kappa shape index (κ1) is 19.0. The van der Waals surface area contributed by atoms with E-state index in [1.54, 1.807) is 31.2 Å². The number of esters is 1. The van der Waals surface area contributed by atoms with Gasteiger partial charge in [0.05, 0.1) is 24.8 Å². The molecule has 1 unspecified atom stereocenters. The molecule has 1 heterocycles. The van der Waals surface area contributed by atoms with E-state index in [9.17, 15) is 19.2 Å². The minimum atomic E-state index is -0.506. The topological polar surface area (TPSA) is 90.0 Å². The first-order chi connectivity index (χ1) is 12.0. The molecule has 1 aliphatic rings. The van der Waals surface area contributed by atoms with E-state index in [1.165, 1.54) is 7.11 Å². The maximum atomic E-state index is 12.4. The molecule has 0 aliphatic carbocycles. The highest BCUT2D eigenvalue weighted by Crippen LogP contribution is 2.27. The van der Waals surface area contributed by atoms with E-state index in [4.69, 9.17) is 4.74 Å². The second kappa shape index (κ2) is 8.66. The zero-order valence-corrected chi connectivity index (χ0v) is 14.8. The molecule has 1 atom stereocenters. The molecule has 0 saturated heterocycles. The molecule has 0 bridgehead atoms. The van der Waals surface area contributed by atoms with Crippen LogP contribution in [-0.4, -0.2) is 53.5 Å². The smallest absolute Gasteiger partial charge is 0.367 e. The van der Waals surface area contributed by atoms with Gasteiger partial charge in [-0.1, -0.05) is 12.1 Å². The van der Waals surface area contributed by atoms with Crippen LogP contribution >= 0.6 is 11.8 Å². The molecule has 8 heteroatoms. The van der Waals surface area contributed by atoms with Gasteiger partial charge in [0, 0.05) is 18.2 Å². The summed E-state index contributed by atoms with van der Waals surface area (Å²) in [5.74, 6) is -1.21. The SMILES string of the molecule is CCOC(=O)SC(CCC(=O)OC)CN1C(=O)c2ccccc2C1=O. The number of fused-ring (bicyclic) bond motifs is 1. The zero-order chi connectivity index (χ0) is 18.4. The summed E-state index contributed by atoms with van der Waals surface area (Å²) in [6.07, 6.45) is 0.361. The molecule has 0 saturated carbocycles. The highest BCUT2D eigenvalue weighted by Gasteiger charge is 2.37. The maximum Gasteiger partial charge on any atom is 0.367 e. The molecule has 0 aromatic heterocycles. The number of carbonyl (C=O) groups is 4. The second-order valence-corrected chi connectivity index (χ2v) is 6.54. The van der Waals surface area contributed by atoms with Gasteiger partial charge in [0.1, 0.15) is 0 Å². The van der Waals surface area contributed by atoms with Crippen LogP contribution in [-0.2, 0) is 14.3 Å². The first-order valence-electron chi connectivity index (χ1n) is 7.83. The molecule has 1 aromatic carbocycles. The molecule has 1 aromatic rings. The highest BCUT2D eigenvalue weighted by molar-refractivity contribution is 8.13. The third-order valence-corrected chi connectivity index (χ3v) is 4.72. The van der Waals surface area contributed by atoms with Gasteiger partial charge in [0.15, 0.2) is 0 Å². The maximum absolute atomic E-state index is 12.4. The quantitative estimate of drug-likeness (QED) is 0.541. The van der Waals surface area contributed by atoms with Crippen molar-refractivity contribution in [2.45, 2.75) is 25.0 Å². The number of imide groups is 1. The van der Waals surface area contributed by atoms with Crippen LogP contribution in [0.15, 0.2) is 24.3 Å². The van der Waals surface area contributed by atoms with Gasteiger partial charge in [-0.25, -0.2) is 4.79 Å². The standard InChI is InChI=1S/C17H19NO6S/c1-3-24-17(22)25-11(8-9-14(19)23-2)10-18-15(20)12-6-4-5-7-13(12)16(18)21/h4-7,11H,3,8-10H2,1-2H3. The van der Waals surface area contributed by atoms with Gasteiger partial charge in [-0.05, 0) is 37.2 Å². The van der Waals surface area contributed by atoms with Crippen LogP contribution in [0.3, 0.4) is 0 Å². The summed E-state index contributed by atoms with van der Waals surface area (Å²) < 4.78 is 9.51. The summed E-state index contributed by atoms with van der Waals surface area (Å²) >= 11 is 0.876. The number of ether oxygens (including phenoxy) is 2. The number of hydrogen-bond donors (Lipinski definition) is 0. The number of thioether (sulfide) groups is 1. The Hall–Kier alpha value is -2.35. The number of rotatable bonds is 7. The van der Waals surface area contributed by atoms with Gasteiger partial charge >= 0.3 is 11.3 Å². The summed E-state index contributed by atoms with van der Waals surface area (Å²) in [7, 11) is 1.28. The van der Waals surface area contributed by atoms with E-state index in [0.29, 0.717) is 11.1 Å². The molecule has 134 valence electrons. The number of hydrogen-bond acceptors (Lipinski definition) is 7. The molecule has 25 heavy (non-hydrogen) atoms. The van der Waals surface area contributed by atoms with Crippen molar-refractivity contribution in [1.29, 1.82) is 0 Å². The van der Waals surface area contributed by atoms with Crippen molar-refractivity contribution in [2.75, 3.05) is 20.3 Å². The van der Waals surface area contributed by atoms with Crippen molar-refractivity contribution in [1.82, 2.24) is 4.90 Å². The lowest BCUT2D eigenvalue weighted by atomic mass is 10.1. The molecule has 7 nitrogen and oxygen atoms in total. The molecule has 0 spiro atoms. The minimum Gasteiger partial charge on any atom is -0.469 e. The Bertz CT molecular complexity index is 654. The first-order valence-corrected chi connectivity index (χ1v) is 8.71. The fraction of sp³-hybridized carbons (Fsp3) is 0.412. The third kappa shape index (κ3) is 4.60. The molecule has 0 N–H and O–H groups in total. The predicted molar refractivity (Wildman–Crippen MR) is 91.5 cm³/mol. The van der Waals surface area contributed by atoms with Crippen LogP contribution in [0.25, 0.3) is 0 Å². The monoisotopic (exact) mass is 365 g/mol. The number of nitrogens with zero attached hydrogens (tertiary/aromatic N) is 1. The van der Waals surface area contributed by atoms with E-state index >= 15 is 0 Å². The Morgan fingerprint density at radius 2 is 1.76 bits per heavy atom. The lowest BCUT2D eigenvalue weighted by Gasteiger charge is -2.21. The summed E-state index contributed by atoms with van der Waals surface area (Å²) in [4.78, 5) is 49.1. The highest BCUT2D eigenvalue weighted by atomic mass is 32.2. The van der Waals surface area contributed by atoms with E-state index in [2.05, 4.69) is 4.74 Å². The van der Waals surface area contributed by atoms with Crippen LogP contribution in [0.1, 0.15) is 40.5 Å². The lowest BCUT2D eigenvalue weighted by Crippen LogP contribution is -2.36. The van der Waals surface area contributed by atoms with Crippen LogP contribution in [0.2, 0.25) is 0 Å². The summed E-state index contributed by atoms with van der Waals surface area (Å²) in [5.41, 5.74) is 0.695. The summed E-state index contributed by atoms with van der Waals surface area (Å²) in [5, 5.41) is -0.964. The molecule has 1 aliphatic heterocycles. The molecular formula is C17H19NO6S. The zero-order valence-electron chi connectivity index (χ0n) is 14.0. The fourth-order valence-electron chi connectivity index (χ4n) is 2.46. The summed E-state index contributed by atoms with van der Waals surface area (Å²) in [6.45, 7) is 1.93. The second-order valence-electron chi connectivity index (χ2n) is 5.30. The van der Waals surface area contributed by atoms with E-state index in [1.807, 2.05) is 0 Å². The van der Waals surface area contributed by atoms with Gasteiger partial charge in [-0.2, -0.15) is 0 Å². The molecule has 0 fully saturated rings. The van der Waals surface area contributed by atoms with Gasteiger partial charge in [0.2, 0.25) is 0 Å². The van der Waals surface area contributed by atoms with Crippen LogP contribution in [0.5, 0.6) is 0 Å². The number of methoxy groups -OCH3 is 1. The Labute approximate surface area is 149 Å². The van der Waals surface area contributed by atoms with Crippen LogP contribution in [0.4, 0.5) is 4.79 Å². The molecule has 2 amide bonds. The van der Waals surface area contributed by atoms with Crippen molar-refractivity contribution >= 4 is 34.8 Å². The Kier molecular flexibility index (Phi) is 6.58. The fourth-order valence-corrected chi connectivity index (χ4v) is 3.38. The number of amides is 2. The third-order valence-electron chi connectivity index (χ3n) is 3.69. The van der Waals surface area contributed by atoms with Crippen molar-refractivity contribution in [2.24, 2.45) is 0 Å². The van der Waals surface area contributed by atoms with E-state index in [-0.39, 0.29) is 26.0 Å². The van der Waals surface area contributed by atoms with E-state index in [0.717, 1.165) is 16.7 Å². The molecule has 0 radical (unpaired) electrons. The molecular weight excluding hydrogens is 346 g/mol. The van der Waals surface area contributed by atoms with Crippen LogP contribution < -0.4 is 0 Å². The van der Waals surface area contributed by atoms with Crippen molar-refractivity contribution in [3.63, 3.8) is 0 Å². The van der Waals surface area contributed by atoms with Crippen molar-refractivity contribution in [3.8, 4) is 0 Å². The number of benzene rings is 1. The van der Waals surface area contributed by atoms with E-state index < -0.39 is 28.3 Å². The van der Waals surface area contributed by atoms with Gasteiger partial charge in [-0.15, -0.1) is 0 Å². The normalized spacial score (nSPS) is 14.2. The minimum absolute atomic E-state index is 0.0207. The van der Waals surface area contributed by atoms with Crippen molar-refractivity contribution in [3.05, 3.63) is 35.4 Å².